The summed E-state index contributed by atoms with van der Waals surface area (Å²) in [4.78, 5) is 8.84. The Balaban J connectivity index is 1.83. The number of benzene rings is 2. The number of halogens is 1. The standard InChI is InChI=1S/C16H14ClN3/c1-11-6-8-12(9-7-11)10-18-16-15(17)19-13-4-2-3-5-14(13)20-16/h2-9H,10H2,1H3,(H,18,20). The Morgan fingerprint density at radius 2 is 1.60 bits per heavy atom. The van der Waals surface area contributed by atoms with E-state index in [1.807, 2.05) is 24.3 Å². The summed E-state index contributed by atoms with van der Waals surface area (Å²) in [7, 11) is 0. The summed E-state index contributed by atoms with van der Waals surface area (Å²) < 4.78 is 0. The van der Waals surface area contributed by atoms with E-state index in [-0.39, 0.29) is 0 Å². The van der Waals surface area contributed by atoms with E-state index in [0.29, 0.717) is 17.5 Å². The molecule has 0 radical (unpaired) electrons. The molecule has 0 saturated heterocycles. The summed E-state index contributed by atoms with van der Waals surface area (Å²) in [6, 6.07) is 16.0. The number of nitrogens with zero attached hydrogens (tertiary/aromatic N) is 2. The van der Waals surface area contributed by atoms with Crippen LogP contribution in [0.15, 0.2) is 48.5 Å². The summed E-state index contributed by atoms with van der Waals surface area (Å²) in [6.45, 7) is 2.75. The van der Waals surface area contributed by atoms with Crippen LogP contribution in [0.4, 0.5) is 5.82 Å². The van der Waals surface area contributed by atoms with Crippen LogP contribution in [0, 0.1) is 6.92 Å². The minimum absolute atomic E-state index is 0.399. The molecule has 0 fully saturated rings. The van der Waals surface area contributed by atoms with Crippen LogP contribution in [0.2, 0.25) is 5.15 Å². The SMILES string of the molecule is Cc1ccc(CNc2nc3ccccc3nc2Cl)cc1. The quantitative estimate of drug-likeness (QED) is 0.783. The summed E-state index contributed by atoms with van der Waals surface area (Å²) in [5.41, 5.74) is 4.07. The summed E-state index contributed by atoms with van der Waals surface area (Å²) >= 11 is 6.16. The van der Waals surface area contributed by atoms with Gasteiger partial charge < -0.3 is 5.32 Å². The maximum absolute atomic E-state index is 6.16. The van der Waals surface area contributed by atoms with Gasteiger partial charge in [0.05, 0.1) is 11.0 Å². The van der Waals surface area contributed by atoms with Crippen molar-refractivity contribution in [2.24, 2.45) is 0 Å². The Hall–Kier alpha value is -2.13. The van der Waals surface area contributed by atoms with Gasteiger partial charge in [-0.1, -0.05) is 53.6 Å². The molecule has 0 amide bonds. The van der Waals surface area contributed by atoms with Gasteiger partial charge in [-0.15, -0.1) is 0 Å². The molecule has 2 aromatic carbocycles. The van der Waals surface area contributed by atoms with Gasteiger partial charge in [0, 0.05) is 6.54 Å². The molecule has 3 nitrogen and oxygen atoms in total. The van der Waals surface area contributed by atoms with Gasteiger partial charge in [0.25, 0.3) is 0 Å². The first-order valence-corrected chi connectivity index (χ1v) is 6.82. The molecule has 1 heterocycles. The van der Waals surface area contributed by atoms with E-state index in [2.05, 4.69) is 46.5 Å². The third kappa shape index (κ3) is 2.73. The second kappa shape index (κ2) is 5.47. The van der Waals surface area contributed by atoms with E-state index in [1.54, 1.807) is 0 Å². The first-order chi connectivity index (χ1) is 9.72. The number of anilines is 1. The first-order valence-electron chi connectivity index (χ1n) is 6.44. The van der Waals surface area contributed by atoms with E-state index in [9.17, 15) is 0 Å². The summed E-state index contributed by atoms with van der Waals surface area (Å²) in [5, 5.41) is 3.63. The summed E-state index contributed by atoms with van der Waals surface area (Å²) in [6.07, 6.45) is 0. The lowest BCUT2D eigenvalue weighted by atomic mass is 10.1. The van der Waals surface area contributed by atoms with Crippen LogP contribution in [0.1, 0.15) is 11.1 Å². The number of para-hydroxylation sites is 2. The molecular weight excluding hydrogens is 270 g/mol. The fourth-order valence-corrected chi connectivity index (χ4v) is 2.18. The highest BCUT2D eigenvalue weighted by molar-refractivity contribution is 6.32. The second-order valence-electron chi connectivity index (χ2n) is 4.69. The molecule has 1 aromatic heterocycles. The van der Waals surface area contributed by atoms with Gasteiger partial charge in [0.15, 0.2) is 11.0 Å². The zero-order valence-electron chi connectivity index (χ0n) is 11.1. The van der Waals surface area contributed by atoms with Crippen LogP contribution in [0.5, 0.6) is 0 Å². The summed E-state index contributed by atoms with van der Waals surface area (Å²) in [5.74, 6) is 0.617. The molecule has 0 bridgehead atoms. The Morgan fingerprint density at radius 1 is 0.950 bits per heavy atom. The third-order valence-electron chi connectivity index (χ3n) is 3.11. The third-order valence-corrected chi connectivity index (χ3v) is 3.37. The van der Waals surface area contributed by atoms with Crippen molar-refractivity contribution in [3.8, 4) is 0 Å². The van der Waals surface area contributed by atoms with E-state index in [4.69, 9.17) is 11.6 Å². The molecule has 3 aromatic rings. The van der Waals surface area contributed by atoms with E-state index in [0.717, 1.165) is 11.0 Å². The van der Waals surface area contributed by atoms with Crippen LogP contribution in [-0.2, 0) is 6.54 Å². The van der Waals surface area contributed by atoms with Crippen molar-refractivity contribution < 1.29 is 0 Å². The number of aromatic nitrogens is 2. The molecule has 0 spiro atoms. The lowest BCUT2D eigenvalue weighted by molar-refractivity contribution is 1.11. The monoisotopic (exact) mass is 283 g/mol. The predicted molar refractivity (Wildman–Crippen MR) is 83.1 cm³/mol. The molecule has 0 saturated carbocycles. The Kier molecular flexibility index (Phi) is 3.52. The van der Waals surface area contributed by atoms with Gasteiger partial charge in [-0.25, -0.2) is 9.97 Å². The van der Waals surface area contributed by atoms with Crippen LogP contribution in [0.25, 0.3) is 11.0 Å². The Bertz CT molecular complexity index is 738. The molecule has 0 atom stereocenters. The fraction of sp³-hybridized carbons (Fsp3) is 0.125. The maximum Gasteiger partial charge on any atom is 0.172 e. The number of aryl methyl sites for hydroxylation is 1. The number of fused-ring (bicyclic) bond motifs is 1. The van der Waals surface area contributed by atoms with E-state index in [1.165, 1.54) is 11.1 Å². The molecule has 0 aliphatic carbocycles. The molecule has 0 unspecified atom stereocenters. The number of nitrogens with one attached hydrogen (secondary N) is 1. The van der Waals surface area contributed by atoms with Crippen molar-refractivity contribution in [3.05, 3.63) is 64.8 Å². The minimum atomic E-state index is 0.399. The zero-order chi connectivity index (χ0) is 13.9. The predicted octanol–water partition coefficient (Wildman–Crippen LogP) is 4.20. The highest BCUT2D eigenvalue weighted by atomic mass is 35.5. The van der Waals surface area contributed by atoms with Gasteiger partial charge in [-0.05, 0) is 24.6 Å². The van der Waals surface area contributed by atoms with Gasteiger partial charge in [-0.2, -0.15) is 0 Å². The van der Waals surface area contributed by atoms with E-state index < -0.39 is 0 Å². The smallest absolute Gasteiger partial charge is 0.172 e. The molecule has 20 heavy (non-hydrogen) atoms. The largest absolute Gasteiger partial charge is 0.363 e. The number of rotatable bonds is 3. The first kappa shape index (κ1) is 12.9. The lowest BCUT2D eigenvalue weighted by Gasteiger charge is -2.08. The van der Waals surface area contributed by atoms with Crippen LogP contribution in [-0.4, -0.2) is 9.97 Å². The molecule has 3 rings (SSSR count). The van der Waals surface area contributed by atoms with Crippen LogP contribution in [0.3, 0.4) is 0 Å². The van der Waals surface area contributed by atoms with Crippen molar-refractivity contribution in [1.82, 2.24) is 9.97 Å². The topological polar surface area (TPSA) is 37.8 Å². The number of hydrogen-bond acceptors (Lipinski definition) is 3. The van der Waals surface area contributed by atoms with Gasteiger partial charge in [0.2, 0.25) is 0 Å². The van der Waals surface area contributed by atoms with Crippen molar-refractivity contribution in [2.45, 2.75) is 13.5 Å². The molecule has 1 N–H and O–H groups in total. The van der Waals surface area contributed by atoms with Crippen LogP contribution >= 0.6 is 11.6 Å². The maximum atomic E-state index is 6.16. The lowest BCUT2D eigenvalue weighted by Crippen LogP contribution is -2.03. The molecular formula is C16H14ClN3. The van der Waals surface area contributed by atoms with Crippen molar-refractivity contribution in [1.29, 1.82) is 0 Å². The molecule has 4 heteroatoms. The molecule has 0 aliphatic rings. The van der Waals surface area contributed by atoms with Gasteiger partial charge in [0.1, 0.15) is 0 Å². The Labute approximate surface area is 122 Å². The zero-order valence-corrected chi connectivity index (χ0v) is 11.9. The van der Waals surface area contributed by atoms with Gasteiger partial charge >= 0.3 is 0 Å². The average Bonchev–Trinajstić information content (AvgIpc) is 2.47. The molecule has 0 aliphatic heterocycles. The second-order valence-corrected chi connectivity index (χ2v) is 5.05. The average molecular weight is 284 g/mol. The van der Waals surface area contributed by atoms with Crippen LogP contribution < -0.4 is 5.32 Å². The fourth-order valence-electron chi connectivity index (χ4n) is 1.98. The molecule has 100 valence electrons. The van der Waals surface area contributed by atoms with Crippen molar-refractivity contribution >= 4 is 28.5 Å². The number of hydrogen-bond donors (Lipinski definition) is 1. The van der Waals surface area contributed by atoms with Crippen molar-refractivity contribution in [2.75, 3.05) is 5.32 Å². The normalized spacial score (nSPS) is 10.7. The highest BCUT2D eigenvalue weighted by Crippen LogP contribution is 2.21. The highest BCUT2D eigenvalue weighted by Gasteiger charge is 2.06. The van der Waals surface area contributed by atoms with E-state index >= 15 is 0 Å². The minimum Gasteiger partial charge on any atom is -0.363 e. The van der Waals surface area contributed by atoms with Crippen molar-refractivity contribution in [3.63, 3.8) is 0 Å². The Morgan fingerprint density at radius 3 is 2.30 bits per heavy atom. The van der Waals surface area contributed by atoms with Gasteiger partial charge in [-0.3, -0.25) is 0 Å².